The summed E-state index contributed by atoms with van der Waals surface area (Å²) in [5, 5.41) is 0. The molecule has 2 aromatic carbocycles. The Bertz CT molecular complexity index is 1230. The van der Waals surface area contributed by atoms with Crippen molar-refractivity contribution >= 4 is 5.69 Å². The standard InChI is InChI=1S/C24H19F3N2O4/c25-24(26,27)15-5-3-7-28-18(15)12-29-13-23(16-4-1-2-6-19(16)29)17-10-21-22(31-9-8-30-21)11-20(17)32-14-33-23/h1-7,10-11H,8-9,12-14H2. The zero-order valence-corrected chi connectivity index (χ0v) is 17.4. The van der Waals surface area contributed by atoms with Gasteiger partial charge in [-0.05, 0) is 24.3 Å². The number of hydrogen-bond acceptors (Lipinski definition) is 6. The molecule has 0 N–H and O–H groups in total. The van der Waals surface area contributed by atoms with Gasteiger partial charge in [0, 0.05) is 29.1 Å². The Morgan fingerprint density at radius 3 is 2.52 bits per heavy atom. The van der Waals surface area contributed by atoms with Crippen LogP contribution in [0.3, 0.4) is 0 Å². The van der Waals surface area contributed by atoms with Crippen molar-refractivity contribution in [2.45, 2.75) is 18.3 Å². The molecule has 6 nitrogen and oxygen atoms in total. The lowest BCUT2D eigenvalue weighted by atomic mass is 9.86. The summed E-state index contributed by atoms with van der Waals surface area (Å²) in [6.45, 7) is 1.18. The van der Waals surface area contributed by atoms with Gasteiger partial charge in [-0.3, -0.25) is 4.98 Å². The minimum atomic E-state index is -4.49. The molecule has 1 spiro atoms. The van der Waals surface area contributed by atoms with E-state index in [2.05, 4.69) is 4.98 Å². The maximum absolute atomic E-state index is 13.6. The van der Waals surface area contributed by atoms with E-state index in [-0.39, 0.29) is 19.0 Å². The van der Waals surface area contributed by atoms with E-state index in [4.69, 9.17) is 18.9 Å². The molecule has 1 atom stereocenters. The number of rotatable bonds is 2. The van der Waals surface area contributed by atoms with Gasteiger partial charge in [0.25, 0.3) is 0 Å². The molecule has 170 valence electrons. The van der Waals surface area contributed by atoms with E-state index in [1.54, 1.807) is 6.07 Å². The highest BCUT2D eigenvalue weighted by atomic mass is 19.4. The van der Waals surface area contributed by atoms with Crippen LogP contribution in [0, 0.1) is 0 Å². The summed E-state index contributed by atoms with van der Waals surface area (Å²) in [6, 6.07) is 13.6. The number of hydrogen-bond donors (Lipinski definition) is 0. The second-order valence-corrected chi connectivity index (χ2v) is 8.09. The molecule has 0 fully saturated rings. The van der Waals surface area contributed by atoms with Gasteiger partial charge in [-0.15, -0.1) is 0 Å². The van der Waals surface area contributed by atoms with Crippen molar-refractivity contribution in [3.8, 4) is 17.2 Å². The fraction of sp³-hybridized carbons (Fsp3) is 0.292. The predicted molar refractivity (Wildman–Crippen MR) is 112 cm³/mol. The first-order valence-corrected chi connectivity index (χ1v) is 10.5. The minimum absolute atomic E-state index is 0.00616. The number of pyridine rings is 1. The average Bonchev–Trinajstić information content (AvgIpc) is 3.12. The molecule has 3 aliphatic heterocycles. The largest absolute Gasteiger partial charge is 0.486 e. The molecule has 3 aromatic rings. The number of ether oxygens (including phenoxy) is 4. The molecule has 0 saturated carbocycles. The van der Waals surface area contributed by atoms with E-state index in [0.29, 0.717) is 37.0 Å². The number of fused-ring (bicyclic) bond motifs is 5. The summed E-state index contributed by atoms with van der Waals surface area (Å²) >= 11 is 0. The molecule has 9 heteroatoms. The Labute approximate surface area is 187 Å². The topological polar surface area (TPSA) is 53.1 Å². The van der Waals surface area contributed by atoms with Crippen LogP contribution >= 0.6 is 0 Å². The molecular formula is C24H19F3N2O4. The Hall–Kier alpha value is -3.46. The van der Waals surface area contributed by atoms with Gasteiger partial charge in [-0.2, -0.15) is 13.2 Å². The van der Waals surface area contributed by atoms with Gasteiger partial charge in [0.2, 0.25) is 0 Å². The third kappa shape index (κ3) is 3.18. The fourth-order valence-electron chi connectivity index (χ4n) is 4.80. The smallest absolute Gasteiger partial charge is 0.418 e. The average molecular weight is 456 g/mol. The third-order valence-electron chi connectivity index (χ3n) is 6.23. The van der Waals surface area contributed by atoms with Crippen LogP contribution in [0.1, 0.15) is 22.4 Å². The molecule has 0 radical (unpaired) electrons. The summed E-state index contributed by atoms with van der Waals surface area (Å²) in [6.07, 6.45) is -3.11. The van der Waals surface area contributed by atoms with Crippen molar-refractivity contribution in [3.63, 3.8) is 0 Å². The second kappa shape index (κ2) is 7.28. The summed E-state index contributed by atoms with van der Waals surface area (Å²) < 4.78 is 64.3. The molecule has 0 amide bonds. The number of alkyl halides is 3. The molecule has 6 rings (SSSR count). The highest BCUT2D eigenvalue weighted by Crippen LogP contribution is 2.53. The van der Waals surface area contributed by atoms with Gasteiger partial charge >= 0.3 is 6.18 Å². The van der Waals surface area contributed by atoms with Crippen LogP contribution in [0.15, 0.2) is 54.7 Å². The van der Waals surface area contributed by atoms with Gasteiger partial charge in [0.05, 0.1) is 24.3 Å². The Kier molecular flexibility index (Phi) is 4.45. The van der Waals surface area contributed by atoms with E-state index >= 15 is 0 Å². The first kappa shape index (κ1) is 20.2. The van der Waals surface area contributed by atoms with E-state index < -0.39 is 17.3 Å². The van der Waals surface area contributed by atoms with Gasteiger partial charge < -0.3 is 23.8 Å². The normalized spacial score (nSPS) is 20.9. The molecule has 33 heavy (non-hydrogen) atoms. The molecular weight excluding hydrogens is 437 g/mol. The summed E-state index contributed by atoms with van der Waals surface area (Å²) in [5.41, 5.74) is 0.704. The highest BCUT2D eigenvalue weighted by molar-refractivity contribution is 5.68. The van der Waals surface area contributed by atoms with Crippen LogP contribution in [0.25, 0.3) is 0 Å². The Morgan fingerprint density at radius 2 is 1.70 bits per heavy atom. The number of benzene rings is 2. The predicted octanol–water partition coefficient (Wildman–Crippen LogP) is 4.50. The van der Waals surface area contributed by atoms with Crippen molar-refractivity contribution in [1.82, 2.24) is 4.98 Å². The first-order valence-electron chi connectivity index (χ1n) is 10.5. The van der Waals surface area contributed by atoms with Crippen molar-refractivity contribution in [2.24, 2.45) is 0 Å². The van der Waals surface area contributed by atoms with Crippen LogP contribution in [0.2, 0.25) is 0 Å². The summed E-state index contributed by atoms with van der Waals surface area (Å²) in [4.78, 5) is 5.93. The molecule has 0 bridgehead atoms. The third-order valence-corrected chi connectivity index (χ3v) is 6.23. The lowest BCUT2D eigenvalue weighted by molar-refractivity contribution is -0.138. The van der Waals surface area contributed by atoms with E-state index in [9.17, 15) is 13.2 Å². The van der Waals surface area contributed by atoms with E-state index in [1.165, 1.54) is 12.3 Å². The van der Waals surface area contributed by atoms with Crippen molar-refractivity contribution in [2.75, 3.05) is 31.5 Å². The molecule has 4 heterocycles. The van der Waals surface area contributed by atoms with Crippen LogP contribution in [0.5, 0.6) is 17.2 Å². The first-order chi connectivity index (χ1) is 16.0. The number of aromatic nitrogens is 1. The summed E-state index contributed by atoms with van der Waals surface area (Å²) in [5.74, 6) is 1.80. The van der Waals surface area contributed by atoms with Gasteiger partial charge in [-0.25, -0.2) is 0 Å². The number of anilines is 1. The lowest BCUT2D eigenvalue weighted by Crippen LogP contribution is -2.41. The highest BCUT2D eigenvalue weighted by Gasteiger charge is 2.50. The lowest BCUT2D eigenvalue weighted by Gasteiger charge is -2.37. The maximum atomic E-state index is 13.6. The SMILES string of the molecule is FC(F)(F)c1cccnc1CN1CC2(OCOc3cc4c(cc32)OCCO4)c2ccccc21. The molecule has 1 unspecified atom stereocenters. The van der Waals surface area contributed by atoms with Crippen molar-refractivity contribution in [1.29, 1.82) is 0 Å². The zero-order valence-electron chi connectivity index (χ0n) is 17.4. The van der Waals surface area contributed by atoms with Crippen LogP contribution in [0.4, 0.5) is 18.9 Å². The van der Waals surface area contributed by atoms with E-state index in [1.807, 2.05) is 35.2 Å². The Balaban J connectivity index is 1.45. The fourth-order valence-corrected chi connectivity index (χ4v) is 4.80. The minimum Gasteiger partial charge on any atom is -0.486 e. The molecule has 3 aliphatic rings. The van der Waals surface area contributed by atoms with Gasteiger partial charge in [-0.1, -0.05) is 18.2 Å². The number of nitrogens with zero attached hydrogens (tertiary/aromatic N) is 2. The van der Waals surface area contributed by atoms with E-state index in [0.717, 1.165) is 22.9 Å². The van der Waals surface area contributed by atoms with Gasteiger partial charge in [0.15, 0.2) is 18.3 Å². The quantitative estimate of drug-likeness (QED) is 0.566. The number of para-hydroxylation sites is 1. The molecule has 0 saturated heterocycles. The van der Waals surface area contributed by atoms with Gasteiger partial charge in [0.1, 0.15) is 24.6 Å². The summed E-state index contributed by atoms with van der Waals surface area (Å²) in [7, 11) is 0. The maximum Gasteiger partial charge on any atom is 0.418 e. The van der Waals surface area contributed by atoms with Crippen LogP contribution < -0.4 is 19.1 Å². The Morgan fingerprint density at radius 1 is 0.909 bits per heavy atom. The van der Waals surface area contributed by atoms with Crippen molar-refractivity contribution < 1.29 is 32.1 Å². The second-order valence-electron chi connectivity index (χ2n) is 8.09. The molecule has 1 aromatic heterocycles. The monoisotopic (exact) mass is 456 g/mol. The van der Waals surface area contributed by atoms with Crippen LogP contribution in [-0.4, -0.2) is 31.5 Å². The number of halogens is 3. The van der Waals surface area contributed by atoms with Crippen molar-refractivity contribution in [3.05, 3.63) is 77.1 Å². The molecule has 0 aliphatic carbocycles. The van der Waals surface area contributed by atoms with Crippen LogP contribution in [-0.2, 0) is 23.1 Å². The zero-order chi connectivity index (χ0) is 22.6.